The molecule has 0 radical (unpaired) electrons. The second-order valence-electron chi connectivity index (χ2n) is 8.74. The number of carbonyl (C=O) groups is 1. The van der Waals surface area contributed by atoms with E-state index in [2.05, 4.69) is 14.8 Å². The van der Waals surface area contributed by atoms with Crippen LogP contribution in [0.15, 0.2) is 59.8 Å². The van der Waals surface area contributed by atoms with Crippen molar-refractivity contribution in [2.75, 3.05) is 49.1 Å². The van der Waals surface area contributed by atoms with Crippen LogP contribution in [-0.4, -0.2) is 60.0 Å². The fraction of sp³-hybridized carbons (Fsp3) is 0.346. The Labute approximate surface area is 220 Å². The lowest BCUT2D eigenvalue weighted by Gasteiger charge is -2.36. The maximum absolute atomic E-state index is 13.0. The van der Waals surface area contributed by atoms with Crippen LogP contribution < -0.4 is 9.80 Å². The molecule has 0 bridgehead atoms. The quantitative estimate of drug-likeness (QED) is 0.235. The van der Waals surface area contributed by atoms with Crippen LogP contribution in [0.5, 0.6) is 0 Å². The van der Waals surface area contributed by atoms with Gasteiger partial charge in [-0.2, -0.15) is 0 Å². The molecule has 5 rings (SSSR count). The molecule has 2 aliphatic rings. The Hall–Kier alpha value is -2.48. The first-order chi connectivity index (χ1) is 17.1. The smallest absolute Gasteiger partial charge is 0.253 e. The average molecular weight is 529 g/mol. The highest BCUT2D eigenvalue weighted by Crippen LogP contribution is 2.28. The molecule has 3 aromatic rings. The molecule has 3 heterocycles. The molecule has 1 amide bonds. The molecular weight excluding hydrogens is 501 g/mol. The maximum Gasteiger partial charge on any atom is 0.253 e. The zero-order valence-electron chi connectivity index (χ0n) is 19.4. The molecule has 2 fully saturated rings. The highest BCUT2D eigenvalue weighted by atomic mass is 35.5. The monoisotopic (exact) mass is 527 g/mol. The zero-order chi connectivity index (χ0) is 24.2. The molecule has 0 unspecified atom stereocenters. The van der Waals surface area contributed by atoms with Gasteiger partial charge in [-0.05, 0) is 42.7 Å². The van der Waals surface area contributed by atoms with Gasteiger partial charge in [0, 0.05) is 56.7 Å². The van der Waals surface area contributed by atoms with E-state index in [4.69, 9.17) is 28.2 Å². The predicted octanol–water partition coefficient (Wildman–Crippen LogP) is 5.64. The lowest BCUT2D eigenvalue weighted by atomic mass is 10.1. The second-order valence-corrected chi connectivity index (χ2v) is 10.5. The van der Waals surface area contributed by atoms with Crippen LogP contribution in [0.1, 0.15) is 28.8 Å². The molecule has 0 N–H and O–H groups in total. The summed E-state index contributed by atoms with van der Waals surface area (Å²) in [5.74, 6) is 1.68. The number of carbonyl (C=O) groups excluding carboxylic acids is 1. The van der Waals surface area contributed by atoms with Crippen molar-refractivity contribution in [3.63, 3.8) is 0 Å². The van der Waals surface area contributed by atoms with Gasteiger partial charge in [0.15, 0.2) is 5.16 Å². The summed E-state index contributed by atoms with van der Waals surface area (Å²) in [5, 5.41) is 1.90. The van der Waals surface area contributed by atoms with Crippen LogP contribution in [0.4, 0.5) is 11.5 Å². The highest BCUT2D eigenvalue weighted by Gasteiger charge is 2.23. The van der Waals surface area contributed by atoms with Gasteiger partial charge in [0.25, 0.3) is 5.91 Å². The number of piperazine rings is 1. The number of benzene rings is 2. The molecule has 0 aliphatic carbocycles. The number of rotatable bonds is 6. The predicted molar refractivity (Wildman–Crippen MR) is 144 cm³/mol. The molecule has 35 heavy (non-hydrogen) atoms. The van der Waals surface area contributed by atoms with E-state index in [0.717, 1.165) is 48.3 Å². The van der Waals surface area contributed by atoms with Crippen LogP contribution in [0.2, 0.25) is 10.2 Å². The second kappa shape index (κ2) is 11.1. The van der Waals surface area contributed by atoms with Crippen LogP contribution in [0.3, 0.4) is 0 Å². The number of hydrogen-bond donors (Lipinski definition) is 0. The van der Waals surface area contributed by atoms with Crippen LogP contribution >= 0.6 is 35.0 Å². The lowest BCUT2D eigenvalue weighted by Crippen LogP contribution is -2.48. The fourth-order valence-corrected chi connectivity index (χ4v) is 5.78. The molecule has 0 saturated carbocycles. The van der Waals surface area contributed by atoms with Crippen molar-refractivity contribution in [1.82, 2.24) is 14.9 Å². The van der Waals surface area contributed by atoms with Gasteiger partial charge in [0.1, 0.15) is 11.0 Å². The molecule has 2 aliphatic heterocycles. The van der Waals surface area contributed by atoms with Crippen molar-refractivity contribution in [2.45, 2.75) is 23.8 Å². The summed E-state index contributed by atoms with van der Waals surface area (Å²) in [6.45, 7) is 4.91. The van der Waals surface area contributed by atoms with E-state index < -0.39 is 0 Å². The standard InChI is InChI=1S/C26H27Cl2N5OS/c27-21-5-1-2-6-22(21)31-13-15-33(16-14-31)25(34)20-9-7-19(8-10-20)18-35-26-29-23(28)17-24(30-26)32-11-3-4-12-32/h1-2,5-10,17H,3-4,11-16,18H2. The van der Waals surface area contributed by atoms with Crippen molar-refractivity contribution < 1.29 is 4.79 Å². The van der Waals surface area contributed by atoms with Gasteiger partial charge in [0.2, 0.25) is 0 Å². The van der Waals surface area contributed by atoms with E-state index in [-0.39, 0.29) is 5.91 Å². The summed E-state index contributed by atoms with van der Waals surface area (Å²) < 4.78 is 0. The first kappa shape index (κ1) is 24.2. The average Bonchev–Trinajstić information content (AvgIpc) is 3.43. The molecular formula is C26H27Cl2N5OS. The van der Waals surface area contributed by atoms with Gasteiger partial charge in [-0.3, -0.25) is 4.79 Å². The van der Waals surface area contributed by atoms with Gasteiger partial charge in [-0.15, -0.1) is 0 Å². The summed E-state index contributed by atoms with van der Waals surface area (Å²) in [6.07, 6.45) is 2.37. The topological polar surface area (TPSA) is 52.6 Å². The molecule has 182 valence electrons. The van der Waals surface area contributed by atoms with Crippen LogP contribution in [0.25, 0.3) is 0 Å². The summed E-state index contributed by atoms with van der Waals surface area (Å²) in [6, 6.07) is 17.5. The summed E-state index contributed by atoms with van der Waals surface area (Å²) in [4.78, 5) is 28.5. The van der Waals surface area contributed by atoms with Gasteiger partial charge >= 0.3 is 0 Å². The normalized spacial score (nSPS) is 16.1. The van der Waals surface area contributed by atoms with E-state index >= 15 is 0 Å². The third-order valence-corrected chi connectivity index (χ3v) is 7.85. The first-order valence-electron chi connectivity index (χ1n) is 11.9. The van der Waals surface area contributed by atoms with E-state index in [1.54, 1.807) is 11.8 Å². The van der Waals surface area contributed by atoms with Gasteiger partial charge in [-0.1, -0.05) is 59.2 Å². The molecule has 2 aromatic carbocycles. The number of amides is 1. The van der Waals surface area contributed by atoms with Crippen LogP contribution in [-0.2, 0) is 5.75 Å². The minimum atomic E-state index is 0.0661. The number of nitrogens with zero attached hydrogens (tertiary/aromatic N) is 5. The molecule has 9 heteroatoms. The third-order valence-electron chi connectivity index (χ3n) is 6.42. The Morgan fingerprint density at radius 1 is 0.857 bits per heavy atom. The first-order valence-corrected chi connectivity index (χ1v) is 13.6. The Bertz CT molecular complexity index is 1180. The van der Waals surface area contributed by atoms with Gasteiger partial charge in [0.05, 0.1) is 10.7 Å². The molecule has 0 spiro atoms. The van der Waals surface area contributed by atoms with E-state index in [1.807, 2.05) is 59.5 Å². The SMILES string of the molecule is O=C(c1ccc(CSc2nc(Cl)cc(N3CCCC3)n2)cc1)N1CCN(c2ccccc2Cl)CC1. The van der Waals surface area contributed by atoms with Gasteiger partial charge < -0.3 is 14.7 Å². The number of halogens is 2. The maximum atomic E-state index is 13.0. The molecule has 6 nitrogen and oxygen atoms in total. The summed E-state index contributed by atoms with van der Waals surface area (Å²) >= 11 is 14.1. The van der Waals surface area contributed by atoms with Crippen molar-refractivity contribution in [2.24, 2.45) is 0 Å². The minimum absolute atomic E-state index is 0.0661. The van der Waals surface area contributed by atoms with Crippen molar-refractivity contribution in [3.05, 3.63) is 75.9 Å². The molecule has 1 aromatic heterocycles. The summed E-state index contributed by atoms with van der Waals surface area (Å²) in [5.41, 5.74) is 2.85. The number of thioether (sulfide) groups is 1. The van der Waals surface area contributed by atoms with Crippen molar-refractivity contribution >= 4 is 52.4 Å². The molecule has 0 atom stereocenters. The Kier molecular flexibility index (Phi) is 7.66. The van der Waals surface area contributed by atoms with Crippen molar-refractivity contribution in [1.29, 1.82) is 0 Å². The molecule has 2 saturated heterocycles. The zero-order valence-corrected chi connectivity index (χ0v) is 21.7. The number of aromatic nitrogens is 2. The number of para-hydroxylation sites is 1. The lowest BCUT2D eigenvalue weighted by molar-refractivity contribution is 0.0747. The Morgan fingerprint density at radius 3 is 2.29 bits per heavy atom. The summed E-state index contributed by atoms with van der Waals surface area (Å²) in [7, 11) is 0. The van der Waals surface area contributed by atoms with Gasteiger partial charge in [-0.25, -0.2) is 9.97 Å². The van der Waals surface area contributed by atoms with E-state index in [9.17, 15) is 4.79 Å². The van der Waals surface area contributed by atoms with Crippen LogP contribution in [0, 0.1) is 0 Å². The third kappa shape index (κ3) is 5.85. The number of anilines is 2. The number of hydrogen-bond acceptors (Lipinski definition) is 6. The van der Waals surface area contributed by atoms with E-state index in [1.165, 1.54) is 12.8 Å². The minimum Gasteiger partial charge on any atom is -0.367 e. The van der Waals surface area contributed by atoms with Crippen molar-refractivity contribution in [3.8, 4) is 0 Å². The fourth-order valence-electron chi connectivity index (χ4n) is 4.49. The Balaban J connectivity index is 1.16. The Morgan fingerprint density at radius 2 is 1.57 bits per heavy atom. The largest absolute Gasteiger partial charge is 0.367 e. The highest BCUT2D eigenvalue weighted by molar-refractivity contribution is 7.98. The van der Waals surface area contributed by atoms with E-state index in [0.29, 0.717) is 34.7 Å².